The third-order valence-corrected chi connectivity index (χ3v) is 3.40. The SMILES string of the molecule is CNC(C(=O)NCCc1cccc(C)c1)c1cnn(C)c1.Cl. The van der Waals surface area contributed by atoms with Crippen LogP contribution in [0.5, 0.6) is 0 Å². The van der Waals surface area contributed by atoms with Gasteiger partial charge in [0.15, 0.2) is 0 Å². The van der Waals surface area contributed by atoms with Gasteiger partial charge in [-0.3, -0.25) is 9.48 Å². The number of likely N-dealkylation sites (N-methyl/N-ethyl adjacent to an activating group) is 1. The molecular weight excluding hydrogens is 300 g/mol. The van der Waals surface area contributed by atoms with Crippen LogP contribution >= 0.6 is 12.4 Å². The Hall–Kier alpha value is -1.85. The fourth-order valence-corrected chi connectivity index (χ4v) is 2.34. The zero-order valence-electron chi connectivity index (χ0n) is 13.2. The first-order valence-electron chi connectivity index (χ1n) is 7.09. The van der Waals surface area contributed by atoms with Crippen molar-refractivity contribution in [2.45, 2.75) is 19.4 Å². The van der Waals surface area contributed by atoms with Gasteiger partial charge in [0.05, 0.1) is 6.20 Å². The Morgan fingerprint density at radius 3 is 2.77 bits per heavy atom. The zero-order chi connectivity index (χ0) is 15.2. The largest absolute Gasteiger partial charge is 0.354 e. The lowest BCUT2D eigenvalue weighted by Crippen LogP contribution is -2.36. The van der Waals surface area contributed by atoms with Crippen LogP contribution in [-0.2, 0) is 18.3 Å². The van der Waals surface area contributed by atoms with E-state index in [1.165, 1.54) is 11.1 Å². The van der Waals surface area contributed by atoms with Crippen LogP contribution in [0.2, 0.25) is 0 Å². The van der Waals surface area contributed by atoms with E-state index in [0.29, 0.717) is 6.54 Å². The van der Waals surface area contributed by atoms with Crippen molar-refractivity contribution in [2.24, 2.45) is 7.05 Å². The van der Waals surface area contributed by atoms with E-state index in [0.717, 1.165) is 12.0 Å². The fourth-order valence-electron chi connectivity index (χ4n) is 2.34. The van der Waals surface area contributed by atoms with Crippen molar-refractivity contribution in [2.75, 3.05) is 13.6 Å². The lowest BCUT2D eigenvalue weighted by molar-refractivity contribution is -0.123. The molecule has 1 heterocycles. The number of aromatic nitrogens is 2. The number of aryl methyl sites for hydroxylation is 2. The molecule has 2 N–H and O–H groups in total. The Morgan fingerprint density at radius 2 is 2.18 bits per heavy atom. The molecule has 0 aliphatic heterocycles. The van der Waals surface area contributed by atoms with Crippen LogP contribution in [0, 0.1) is 6.92 Å². The summed E-state index contributed by atoms with van der Waals surface area (Å²) in [7, 11) is 3.61. The van der Waals surface area contributed by atoms with Crippen LogP contribution in [0.15, 0.2) is 36.7 Å². The Kier molecular flexibility index (Phi) is 7.08. The van der Waals surface area contributed by atoms with Crippen LogP contribution in [0.4, 0.5) is 0 Å². The minimum atomic E-state index is -0.365. The van der Waals surface area contributed by atoms with Crippen molar-refractivity contribution in [1.82, 2.24) is 20.4 Å². The molecule has 0 saturated carbocycles. The third kappa shape index (κ3) is 4.86. The lowest BCUT2D eigenvalue weighted by Gasteiger charge is -2.14. The van der Waals surface area contributed by atoms with Gasteiger partial charge in [-0.25, -0.2) is 0 Å². The summed E-state index contributed by atoms with van der Waals surface area (Å²) in [6.07, 6.45) is 4.39. The van der Waals surface area contributed by atoms with E-state index in [1.807, 2.05) is 19.3 Å². The Labute approximate surface area is 137 Å². The minimum Gasteiger partial charge on any atom is -0.354 e. The number of nitrogens with zero attached hydrogens (tertiary/aromatic N) is 2. The number of carbonyl (C=O) groups excluding carboxylic acids is 1. The molecule has 120 valence electrons. The molecule has 1 atom stereocenters. The van der Waals surface area contributed by atoms with Gasteiger partial charge in [0.2, 0.25) is 5.91 Å². The molecular formula is C16H23ClN4O. The van der Waals surface area contributed by atoms with E-state index in [2.05, 4.69) is 40.9 Å². The fraction of sp³-hybridized carbons (Fsp3) is 0.375. The molecule has 2 aromatic rings. The maximum Gasteiger partial charge on any atom is 0.241 e. The molecule has 0 saturated heterocycles. The second-order valence-corrected chi connectivity index (χ2v) is 5.20. The average molecular weight is 323 g/mol. The van der Waals surface area contributed by atoms with Crippen LogP contribution in [0.1, 0.15) is 22.7 Å². The van der Waals surface area contributed by atoms with E-state index < -0.39 is 0 Å². The summed E-state index contributed by atoms with van der Waals surface area (Å²) in [6.45, 7) is 2.70. The maximum atomic E-state index is 12.2. The van der Waals surface area contributed by atoms with Crippen LogP contribution < -0.4 is 10.6 Å². The number of amides is 1. The van der Waals surface area contributed by atoms with Crippen LogP contribution in [-0.4, -0.2) is 29.3 Å². The number of carbonyl (C=O) groups is 1. The minimum absolute atomic E-state index is 0. The number of rotatable bonds is 6. The molecule has 0 radical (unpaired) electrons. The summed E-state index contributed by atoms with van der Waals surface area (Å²) in [5.74, 6) is -0.0295. The standard InChI is InChI=1S/C16H22N4O.ClH/c1-12-5-4-6-13(9-12)7-8-18-16(21)15(17-2)14-10-19-20(3)11-14;/h4-6,9-11,15,17H,7-8H2,1-3H3,(H,18,21);1H. The van der Waals surface area contributed by atoms with Crippen molar-refractivity contribution in [3.8, 4) is 0 Å². The normalized spacial score (nSPS) is 11.6. The predicted octanol–water partition coefficient (Wildman–Crippen LogP) is 1.77. The summed E-state index contributed by atoms with van der Waals surface area (Å²) < 4.78 is 1.69. The van der Waals surface area contributed by atoms with E-state index in [9.17, 15) is 4.79 Å². The van der Waals surface area contributed by atoms with Crippen LogP contribution in [0.3, 0.4) is 0 Å². The number of benzene rings is 1. The average Bonchev–Trinajstić information content (AvgIpc) is 2.86. The monoisotopic (exact) mass is 322 g/mol. The first-order valence-corrected chi connectivity index (χ1v) is 7.09. The van der Waals surface area contributed by atoms with Crippen molar-refractivity contribution in [1.29, 1.82) is 0 Å². The van der Waals surface area contributed by atoms with Gasteiger partial charge in [-0.1, -0.05) is 29.8 Å². The van der Waals surface area contributed by atoms with Crippen LogP contribution in [0.25, 0.3) is 0 Å². The highest BCUT2D eigenvalue weighted by Gasteiger charge is 2.19. The molecule has 22 heavy (non-hydrogen) atoms. The second-order valence-electron chi connectivity index (χ2n) is 5.20. The smallest absolute Gasteiger partial charge is 0.241 e. The molecule has 5 nitrogen and oxygen atoms in total. The molecule has 1 aromatic carbocycles. The first-order chi connectivity index (χ1) is 10.1. The molecule has 2 rings (SSSR count). The molecule has 1 aromatic heterocycles. The Morgan fingerprint density at radius 1 is 1.41 bits per heavy atom. The third-order valence-electron chi connectivity index (χ3n) is 3.40. The molecule has 6 heteroatoms. The van der Waals surface area contributed by atoms with E-state index in [-0.39, 0.29) is 24.4 Å². The number of hydrogen-bond acceptors (Lipinski definition) is 3. The van der Waals surface area contributed by atoms with Crippen molar-refractivity contribution in [3.63, 3.8) is 0 Å². The lowest BCUT2D eigenvalue weighted by atomic mass is 10.1. The molecule has 1 amide bonds. The summed E-state index contributed by atoms with van der Waals surface area (Å²) in [5.41, 5.74) is 3.34. The van der Waals surface area contributed by atoms with Gasteiger partial charge in [0.25, 0.3) is 0 Å². The van der Waals surface area contributed by atoms with E-state index in [4.69, 9.17) is 0 Å². The zero-order valence-corrected chi connectivity index (χ0v) is 14.0. The van der Waals surface area contributed by atoms with Gasteiger partial charge in [-0.2, -0.15) is 5.10 Å². The molecule has 0 fully saturated rings. The highest BCUT2D eigenvalue weighted by atomic mass is 35.5. The summed E-state index contributed by atoms with van der Waals surface area (Å²) in [4.78, 5) is 12.2. The van der Waals surface area contributed by atoms with E-state index in [1.54, 1.807) is 17.9 Å². The molecule has 0 aliphatic carbocycles. The molecule has 0 aliphatic rings. The van der Waals surface area contributed by atoms with Gasteiger partial charge in [0.1, 0.15) is 6.04 Å². The Bertz CT molecular complexity index is 612. The van der Waals surface area contributed by atoms with Gasteiger partial charge in [-0.15, -0.1) is 12.4 Å². The highest BCUT2D eigenvalue weighted by Crippen LogP contribution is 2.11. The summed E-state index contributed by atoms with van der Waals surface area (Å²) >= 11 is 0. The molecule has 0 spiro atoms. The maximum absolute atomic E-state index is 12.2. The summed E-state index contributed by atoms with van der Waals surface area (Å²) in [6, 6.07) is 7.97. The van der Waals surface area contributed by atoms with Gasteiger partial charge >= 0.3 is 0 Å². The predicted molar refractivity (Wildman–Crippen MR) is 90.1 cm³/mol. The summed E-state index contributed by atoms with van der Waals surface area (Å²) in [5, 5.41) is 10.1. The number of nitrogens with one attached hydrogen (secondary N) is 2. The van der Waals surface area contributed by atoms with Gasteiger partial charge in [0, 0.05) is 25.4 Å². The second kappa shape index (κ2) is 8.56. The molecule has 1 unspecified atom stereocenters. The number of halogens is 1. The first kappa shape index (κ1) is 18.2. The topological polar surface area (TPSA) is 59.0 Å². The quantitative estimate of drug-likeness (QED) is 0.852. The van der Waals surface area contributed by atoms with Crippen molar-refractivity contribution >= 4 is 18.3 Å². The highest BCUT2D eigenvalue weighted by molar-refractivity contribution is 5.85. The molecule has 0 bridgehead atoms. The van der Waals surface area contributed by atoms with Crippen molar-refractivity contribution in [3.05, 3.63) is 53.3 Å². The Balaban J connectivity index is 0.00000242. The van der Waals surface area contributed by atoms with Crippen molar-refractivity contribution < 1.29 is 4.79 Å². The van der Waals surface area contributed by atoms with E-state index >= 15 is 0 Å². The number of hydrogen-bond donors (Lipinski definition) is 2. The van der Waals surface area contributed by atoms with Gasteiger partial charge in [-0.05, 0) is 26.0 Å². The van der Waals surface area contributed by atoms with Gasteiger partial charge < -0.3 is 10.6 Å².